The highest BCUT2D eigenvalue weighted by atomic mass is 16.5. The van der Waals surface area contributed by atoms with Crippen LogP contribution in [0.5, 0.6) is 11.5 Å². The predicted octanol–water partition coefficient (Wildman–Crippen LogP) is 4.80. The number of aliphatic imine (C=N–C) groups is 1. The number of aryl methyl sites for hydroxylation is 6. The number of anilines is 6. The second-order valence-corrected chi connectivity index (χ2v) is 23.2. The van der Waals surface area contributed by atoms with Crippen LogP contribution in [0.2, 0.25) is 0 Å². The Hall–Kier alpha value is -11.2. The third kappa shape index (κ3) is 16.7. The molecule has 7 aromatic rings. The molecule has 0 saturated carbocycles. The highest BCUT2D eigenvalue weighted by Gasteiger charge is 2.33. The molecule has 9 rings (SSSR count). The quantitative estimate of drug-likeness (QED) is 0.0298. The van der Waals surface area contributed by atoms with Crippen LogP contribution in [0, 0.1) is 0 Å². The molecule has 30 nitrogen and oxygen atoms in total. The van der Waals surface area contributed by atoms with Gasteiger partial charge in [-0.3, -0.25) is 52.9 Å². The molecule has 0 bridgehead atoms. The Morgan fingerprint density at radius 2 is 0.872 bits per heavy atom. The molecule has 30 heteroatoms. The number of hydrogen-bond acceptors (Lipinski definition) is 14. The molecule has 2 aliphatic heterocycles. The van der Waals surface area contributed by atoms with E-state index >= 15 is 0 Å². The van der Waals surface area contributed by atoms with Crippen LogP contribution in [-0.4, -0.2) is 169 Å². The van der Waals surface area contributed by atoms with Gasteiger partial charge in [0.05, 0.1) is 65.1 Å². The summed E-state index contributed by atoms with van der Waals surface area (Å²) in [5.41, 5.74) is 4.53. The SMILES string of the molecule is COc1cc2c(cc1OCCCC(=O)Nc1cc(C(=O)Nc3cc(C(=O)NCCC(=O)Nc4cc(C(=O)Nc5cc(C(=O)NCCC(=O)Nc6cc(C(=O)Nc7cc(C(=O)NCCCN(C)C)n(C)c7)n(C)c6)n(C)c5)n(C)c4)n(C)c3)n(C)c1)N=C[C@@H]1CCCN1C2=O. The van der Waals surface area contributed by atoms with E-state index in [0.29, 0.717) is 82.1 Å². The maximum Gasteiger partial charge on any atom is 0.272 e. The van der Waals surface area contributed by atoms with Crippen LogP contribution < -0.4 is 57.3 Å². The van der Waals surface area contributed by atoms with Crippen molar-refractivity contribution in [3.05, 3.63) is 125 Å². The second kappa shape index (κ2) is 29.9. The van der Waals surface area contributed by atoms with E-state index in [2.05, 4.69) is 52.8 Å². The summed E-state index contributed by atoms with van der Waals surface area (Å²) < 4.78 is 20.8. The van der Waals surface area contributed by atoms with Gasteiger partial charge in [0.1, 0.15) is 34.2 Å². The number of nitrogens with zero attached hydrogens (tertiary/aromatic N) is 9. The van der Waals surface area contributed by atoms with E-state index in [1.165, 1.54) is 51.1 Å². The molecular formula is C64H78N18O12. The molecule has 0 unspecified atom stereocenters. The summed E-state index contributed by atoms with van der Waals surface area (Å²) in [4.78, 5) is 140. The van der Waals surface area contributed by atoms with E-state index in [4.69, 9.17) is 9.47 Å². The molecule has 6 aromatic heterocycles. The molecule has 0 spiro atoms. The number of aromatic nitrogens is 6. The maximum absolute atomic E-state index is 13.4. The van der Waals surface area contributed by atoms with E-state index in [1.54, 1.807) is 118 Å². The van der Waals surface area contributed by atoms with E-state index in [9.17, 15) is 47.9 Å². The molecule has 0 aliphatic carbocycles. The molecule has 496 valence electrons. The largest absolute Gasteiger partial charge is 0.493 e. The van der Waals surface area contributed by atoms with E-state index in [0.717, 1.165) is 25.8 Å². The van der Waals surface area contributed by atoms with Crippen LogP contribution in [0.3, 0.4) is 0 Å². The number of carbonyl (C=O) groups is 10. The third-order valence-corrected chi connectivity index (χ3v) is 15.7. The van der Waals surface area contributed by atoms with Gasteiger partial charge in [0, 0.05) is 137 Å². The summed E-state index contributed by atoms with van der Waals surface area (Å²) in [7, 11) is 15.3. The van der Waals surface area contributed by atoms with Gasteiger partial charge >= 0.3 is 0 Å². The first-order chi connectivity index (χ1) is 44.9. The Morgan fingerprint density at radius 3 is 1.28 bits per heavy atom. The molecular weight excluding hydrogens is 1210 g/mol. The Kier molecular flexibility index (Phi) is 21.3. The molecule has 1 aromatic carbocycles. The lowest BCUT2D eigenvalue weighted by atomic mass is 10.1. The number of fused-ring (bicyclic) bond motifs is 2. The van der Waals surface area contributed by atoms with Gasteiger partial charge in [-0.1, -0.05) is 0 Å². The summed E-state index contributed by atoms with van der Waals surface area (Å²) in [6, 6.07) is 12.3. The number of nitrogens with one attached hydrogen (secondary N) is 9. The van der Waals surface area contributed by atoms with Crippen LogP contribution in [-0.2, 0) is 56.7 Å². The van der Waals surface area contributed by atoms with Crippen LogP contribution in [0.4, 0.5) is 39.8 Å². The first-order valence-electron chi connectivity index (χ1n) is 30.4. The fourth-order valence-electron chi connectivity index (χ4n) is 10.9. The standard InChI is InChI=1S/C64H78N18O12/c1-75(2)20-12-17-65-58(86)47-26-41(35-76(47)3)72-62(90)51-24-39(33-80(51)7)70-56(84)15-19-67-60(88)49-28-43(37-78(49)5)74-63(91)52-25-40(34-81(52)8)71-57(85)16-18-66-59(87)48-27-42(36-77(48)4)73-61(89)50-23-38(32-79(50)6)69-55(83)14-11-22-94-54-30-46-45(29-53(54)93-9)64(92)82-21-10-13-44(82)31-68-46/h23-37,44H,10-22H2,1-9H3,(H,65,86)(H,66,87)(H,67,88)(H,69,83)(H,70,84)(H,71,85)(H,72,90)(H,73,89)(H,74,91)/t44-/m0/s1. The predicted molar refractivity (Wildman–Crippen MR) is 352 cm³/mol. The zero-order valence-electron chi connectivity index (χ0n) is 53.9. The smallest absolute Gasteiger partial charge is 0.272 e. The molecule has 1 fully saturated rings. The highest BCUT2D eigenvalue weighted by molar-refractivity contribution is 6.08. The van der Waals surface area contributed by atoms with Crippen LogP contribution in [0.15, 0.2) is 90.7 Å². The molecule has 0 radical (unpaired) electrons. The summed E-state index contributed by atoms with van der Waals surface area (Å²) in [6.45, 7) is 2.12. The van der Waals surface area contributed by atoms with Crippen molar-refractivity contribution in [3.8, 4) is 11.5 Å². The van der Waals surface area contributed by atoms with Gasteiger partial charge < -0.3 is 94.5 Å². The molecule has 94 heavy (non-hydrogen) atoms. The Balaban J connectivity index is 0.662. The number of benzene rings is 1. The zero-order chi connectivity index (χ0) is 67.5. The Labute approximate surface area is 541 Å². The Morgan fingerprint density at radius 1 is 0.489 bits per heavy atom. The monoisotopic (exact) mass is 1290 g/mol. The van der Waals surface area contributed by atoms with Gasteiger partial charge in [-0.25, -0.2) is 0 Å². The van der Waals surface area contributed by atoms with E-state index < -0.39 is 41.4 Å². The minimum Gasteiger partial charge on any atom is -0.493 e. The van der Waals surface area contributed by atoms with E-state index in [1.807, 2.05) is 23.9 Å². The molecule has 8 heterocycles. The van der Waals surface area contributed by atoms with Gasteiger partial charge in [-0.15, -0.1) is 0 Å². The van der Waals surface area contributed by atoms with Crippen molar-refractivity contribution in [3.63, 3.8) is 0 Å². The van der Waals surface area contributed by atoms with Crippen molar-refractivity contribution in [1.29, 1.82) is 0 Å². The molecule has 2 aliphatic rings. The second-order valence-electron chi connectivity index (χ2n) is 23.2. The summed E-state index contributed by atoms with van der Waals surface area (Å²) in [6.07, 6.45) is 14.1. The number of carbonyl (C=O) groups excluding carboxylic acids is 10. The molecule has 1 saturated heterocycles. The average Bonchev–Trinajstić information content (AvgIpc) is 1.56. The fourth-order valence-corrected chi connectivity index (χ4v) is 10.9. The number of methoxy groups -OCH3 is 1. The van der Waals surface area contributed by atoms with Crippen LogP contribution in [0.25, 0.3) is 0 Å². The topological polar surface area (TPSA) is 346 Å². The number of rotatable bonds is 28. The molecule has 1 atom stereocenters. The normalized spacial score (nSPS) is 13.1. The summed E-state index contributed by atoms with van der Waals surface area (Å²) in [5.74, 6) is -3.22. The van der Waals surface area contributed by atoms with Gasteiger partial charge in [0.25, 0.3) is 41.4 Å². The Bertz CT molecular complexity index is 4100. The highest BCUT2D eigenvalue weighted by Crippen LogP contribution is 2.38. The lowest BCUT2D eigenvalue weighted by Crippen LogP contribution is -2.35. The first-order valence-corrected chi connectivity index (χ1v) is 30.4. The van der Waals surface area contributed by atoms with Crippen molar-refractivity contribution in [2.45, 2.75) is 51.0 Å². The van der Waals surface area contributed by atoms with Crippen molar-refractivity contribution < 1.29 is 57.4 Å². The zero-order valence-corrected chi connectivity index (χ0v) is 53.9. The maximum atomic E-state index is 13.4. The minimum atomic E-state index is -0.533. The van der Waals surface area contributed by atoms with E-state index in [-0.39, 0.29) is 91.2 Å². The number of ether oxygens (including phenoxy) is 2. The van der Waals surface area contributed by atoms with Crippen LogP contribution in [0.1, 0.15) is 118 Å². The van der Waals surface area contributed by atoms with Gasteiger partial charge in [0.2, 0.25) is 17.7 Å². The van der Waals surface area contributed by atoms with Crippen molar-refractivity contribution >= 4 is 105 Å². The summed E-state index contributed by atoms with van der Waals surface area (Å²) >= 11 is 0. The number of amides is 10. The van der Waals surface area contributed by atoms with Crippen molar-refractivity contribution in [2.75, 3.05) is 92.4 Å². The molecule has 9 N–H and O–H groups in total. The third-order valence-electron chi connectivity index (χ3n) is 15.7. The van der Waals surface area contributed by atoms with Crippen LogP contribution >= 0.6 is 0 Å². The van der Waals surface area contributed by atoms with Gasteiger partial charge in [-0.2, -0.15) is 0 Å². The lowest BCUT2D eigenvalue weighted by molar-refractivity contribution is -0.117. The summed E-state index contributed by atoms with van der Waals surface area (Å²) in [5, 5.41) is 24.9. The van der Waals surface area contributed by atoms with Gasteiger partial charge in [-0.05, 0) is 88.8 Å². The molecule has 10 amide bonds. The van der Waals surface area contributed by atoms with Gasteiger partial charge in [0.15, 0.2) is 11.5 Å². The average molecular weight is 1290 g/mol. The lowest BCUT2D eigenvalue weighted by Gasteiger charge is -2.20. The minimum absolute atomic E-state index is 0.0282. The van der Waals surface area contributed by atoms with Crippen molar-refractivity contribution in [1.82, 2.24) is 53.2 Å². The van der Waals surface area contributed by atoms with Crippen molar-refractivity contribution in [2.24, 2.45) is 47.3 Å². The number of hydrogen-bond donors (Lipinski definition) is 9. The fraction of sp³-hybridized carbons (Fsp3) is 0.359. The first kappa shape index (κ1) is 67.2.